The summed E-state index contributed by atoms with van der Waals surface area (Å²) in [4.78, 5) is 30.6. The summed E-state index contributed by atoms with van der Waals surface area (Å²) in [5.41, 5.74) is 3.43. The van der Waals surface area contributed by atoms with Crippen molar-refractivity contribution in [3.8, 4) is 0 Å². The van der Waals surface area contributed by atoms with E-state index in [1.54, 1.807) is 18.2 Å². The zero-order chi connectivity index (χ0) is 22.3. The molecule has 2 unspecified atom stereocenters. The Morgan fingerprint density at radius 2 is 1.58 bits per heavy atom. The molecule has 2 aromatic carbocycles. The third-order valence-corrected chi connectivity index (χ3v) is 6.54. The number of rotatable bonds is 4. The van der Waals surface area contributed by atoms with Crippen LogP contribution in [-0.4, -0.2) is 34.7 Å². The highest BCUT2D eigenvalue weighted by atomic mass is 35.5. The summed E-state index contributed by atoms with van der Waals surface area (Å²) < 4.78 is 0. The van der Waals surface area contributed by atoms with Crippen LogP contribution >= 0.6 is 23.2 Å². The Kier molecular flexibility index (Phi) is 6.14. The molecule has 0 aromatic heterocycles. The number of benzene rings is 2. The van der Waals surface area contributed by atoms with Gasteiger partial charge in [-0.1, -0.05) is 72.9 Å². The minimum Gasteiger partial charge on any atom is -0.366 e. The Morgan fingerprint density at radius 1 is 0.935 bits per heavy atom. The molecule has 0 aliphatic carbocycles. The summed E-state index contributed by atoms with van der Waals surface area (Å²) in [6.45, 7) is 8.09. The summed E-state index contributed by atoms with van der Waals surface area (Å²) in [6.07, 6.45) is 1.11. The Hall–Kier alpha value is -2.30. The molecule has 0 N–H and O–H groups in total. The van der Waals surface area contributed by atoms with E-state index >= 15 is 0 Å². The summed E-state index contributed by atoms with van der Waals surface area (Å²) in [6, 6.07) is 12.9. The Labute approximate surface area is 193 Å². The molecular weight excluding hydrogens is 431 g/mol. The lowest BCUT2D eigenvalue weighted by molar-refractivity contribution is -0.138. The molecule has 1 fully saturated rings. The molecule has 1 saturated heterocycles. The third kappa shape index (κ3) is 4.37. The van der Waals surface area contributed by atoms with Crippen molar-refractivity contribution >= 4 is 40.6 Å². The van der Waals surface area contributed by atoms with Crippen LogP contribution < -0.4 is 0 Å². The number of hydrogen-bond acceptors (Lipinski definition) is 3. The third-order valence-electron chi connectivity index (χ3n) is 5.99. The lowest BCUT2D eigenvalue weighted by Crippen LogP contribution is -2.41. The minimum atomic E-state index is -0.310. The second kappa shape index (κ2) is 8.68. The van der Waals surface area contributed by atoms with Crippen molar-refractivity contribution in [1.29, 1.82) is 0 Å². The van der Waals surface area contributed by atoms with Gasteiger partial charge < -0.3 is 4.90 Å². The van der Waals surface area contributed by atoms with Gasteiger partial charge in [-0.25, -0.2) is 0 Å². The Balaban J connectivity index is 1.78. The number of hydrogen-bond donors (Lipinski definition) is 0. The number of halogens is 2. The fourth-order valence-electron chi connectivity index (χ4n) is 4.66. The normalized spacial score (nSPS) is 22.0. The fourth-order valence-corrected chi connectivity index (χ4v) is 5.16. The molecule has 2 atom stereocenters. The first-order valence-electron chi connectivity index (χ1n) is 10.6. The molecule has 0 bridgehead atoms. The topological polar surface area (TPSA) is 40.6 Å². The van der Waals surface area contributed by atoms with Gasteiger partial charge >= 0.3 is 0 Å². The van der Waals surface area contributed by atoms with Gasteiger partial charge in [0, 0.05) is 23.7 Å². The van der Waals surface area contributed by atoms with Crippen molar-refractivity contribution in [1.82, 2.24) is 9.80 Å². The molecular formula is C25H26Cl2N2O2. The van der Waals surface area contributed by atoms with Gasteiger partial charge in [-0.2, -0.15) is 0 Å². The largest absolute Gasteiger partial charge is 0.366 e. The lowest BCUT2D eigenvalue weighted by atomic mass is 9.91. The zero-order valence-corrected chi connectivity index (χ0v) is 19.5. The number of carbonyl (C=O) groups is 2. The van der Waals surface area contributed by atoms with Crippen molar-refractivity contribution in [2.45, 2.75) is 33.7 Å². The second-order valence-corrected chi connectivity index (χ2v) is 9.72. The van der Waals surface area contributed by atoms with Gasteiger partial charge in [0.15, 0.2) is 0 Å². The highest BCUT2D eigenvalue weighted by Crippen LogP contribution is 2.38. The van der Waals surface area contributed by atoms with Crippen LogP contribution in [0.3, 0.4) is 0 Å². The van der Waals surface area contributed by atoms with E-state index in [2.05, 4.69) is 18.7 Å². The summed E-state index contributed by atoms with van der Waals surface area (Å²) in [7, 11) is 0. The van der Waals surface area contributed by atoms with Crippen LogP contribution in [0.2, 0.25) is 10.0 Å². The minimum absolute atomic E-state index is 0.231. The van der Waals surface area contributed by atoms with E-state index in [0.29, 0.717) is 38.7 Å². The maximum Gasteiger partial charge on any atom is 0.278 e. The molecule has 2 aliphatic heterocycles. The van der Waals surface area contributed by atoms with E-state index < -0.39 is 0 Å². The van der Waals surface area contributed by atoms with Crippen LogP contribution in [0.5, 0.6) is 0 Å². The van der Waals surface area contributed by atoms with Crippen molar-refractivity contribution in [2.24, 2.45) is 11.8 Å². The van der Waals surface area contributed by atoms with E-state index in [4.69, 9.17) is 23.2 Å². The molecule has 4 nitrogen and oxygen atoms in total. The molecule has 2 heterocycles. The van der Waals surface area contributed by atoms with Crippen LogP contribution in [0.25, 0.3) is 5.57 Å². The fraction of sp³-hybridized carbons (Fsp3) is 0.360. The average Bonchev–Trinajstić information content (AvgIpc) is 2.93. The number of aryl methyl sites for hydroxylation is 1. The van der Waals surface area contributed by atoms with Crippen molar-refractivity contribution in [3.63, 3.8) is 0 Å². The summed E-state index contributed by atoms with van der Waals surface area (Å²) in [5.74, 6) is 0.308. The van der Waals surface area contributed by atoms with E-state index in [0.717, 1.165) is 30.6 Å². The predicted octanol–water partition coefficient (Wildman–Crippen LogP) is 5.56. The summed E-state index contributed by atoms with van der Waals surface area (Å²) in [5, 5.41) is 0.862. The Morgan fingerprint density at radius 3 is 2.19 bits per heavy atom. The van der Waals surface area contributed by atoms with Crippen LogP contribution in [0, 0.1) is 18.8 Å². The number of likely N-dealkylation sites (tertiary alicyclic amines) is 1. The van der Waals surface area contributed by atoms with Gasteiger partial charge in [0.1, 0.15) is 5.70 Å². The van der Waals surface area contributed by atoms with E-state index in [-0.39, 0.29) is 18.4 Å². The zero-order valence-electron chi connectivity index (χ0n) is 18.0. The standard InChI is InChI=1S/C25H26Cl2N2O2/c1-15-4-6-18(7-5-15)14-29-24(30)22(20-9-8-19(26)11-21(20)27)23(25(29)31)28-12-16(2)10-17(3)13-28/h4-9,11,16-17H,10,12-14H2,1-3H3. The number of piperidine rings is 1. The van der Waals surface area contributed by atoms with Crippen LogP contribution in [0.15, 0.2) is 48.2 Å². The monoisotopic (exact) mass is 456 g/mol. The van der Waals surface area contributed by atoms with Gasteiger partial charge in [-0.05, 0) is 42.9 Å². The molecule has 0 radical (unpaired) electrons. The number of imide groups is 1. The maximum atomic E-state index is 13.6. The molecule has 2 aromatic rings. The molecule has 2 amide bonds. The molecule has 2 aliphatic rings. The van der Waals surface area contributed by atoms with E-state index in [1.807, 2.05) is 31.2 Å². The van der Waals surface area contributed by atoms with Gasteiger partial charge in [-0.15, -0.1) is 0 Å². The van der Waals surface area contributed by atoms with Crippen molar-refractivity contribution < 1.29 is 9.59 Å². The van der Waals surface area contributed by atoms with Crippen molar-refractivity contribution in [3.05, 3.63) is 74.9 Å². The lowest BCUT2D eigenvalue weighted by Gasteiger charge is -2.37. The van der Waals surface area contributed by atoms with Gasteiger partial charge in [0.05, 0.1) is 17.1 Å². The second-order valence-electron chi connectivity index (χ2n) is 8.88. The van der Waals surface area contributed by atoms with Gasteiger partial charge in [-0.3, -0.25) is 14.5 Å². The molecule has 31 heavy (non-hydrogen) atoms. The first kappa shape index (κ1) is 21.9. The summed E-state index contributed by atoms with van der Waals surface area (Å²) >= 11 is 12.6. The molecule has 6 heteroatoms. The highest BCUT2D eigenvalue weighted by Gasteiger charge is 2.43. The van der Waals surface area contributed by atoms with Crippen LogP contribution in [-0.2, 0) is 16.1 Å². The average molecular weight is 457 g/mol. The number of nitrogens with zero attached hydrogens (tertiary/aromatic N) is 2. The maximum absolute atomic E-state index is 13.6. The smallest absolute Gasteiger partial charge is 0.278 e. The molecule has 0 spiro atoms. The predicted molar refractivity (Wildman–Crippen MR) is 125 cm³/mol. The number of carbonyl (C=O) groups excluding carboxylic acids is 2. The van der Waals surface area contributed by atoms with Crippen molar-refractivity contribution in [2.75, 3.05) is 13.1 Å². The number of amides is 2. The van der Waals surface area contributed by atoms with Gasteiger partial charge in [0.2, 0.25) is 0 Å². The van der Waals surface area contributed by atoms with Gasteiger partial charge in [0.25, 0.3) is 11.8 Å². The molecule has 0 saturated carbocycles. The molecule has 4 rings (SSSR count). The first-order chi connectivity index (χ1) is 14.7. The van der Waals surface area contributed by atoms with Crippen LogP contribution in [0.1, 0.15) is 37.0 Å². The SMILES string of the molecule is Cc1ccc(CN2C(=O)C(c3ccc(Cl)cc3Cl)=C(N3CC(C)CC(C)C3)C2=O)cc1. The quantitative estimate of drug-likeness (QED) is 0.565. The van der Waals surface area contributed by atoms with E-state index in [1.165, 1.54) is 4.90 Å². The Bertz CT molecular complexity index is 1050. The highest BCUT2D eigenvalue weighted by molar-refractivity contribution is 6.41. The molecule has 162 valence electrons. The first-order valence-corrected chi connectivity index (χ1v) is 11.4. The van der Waals surface area contributed by atoms with Crippen LogP contribution in [0.4, 0.5) is 0 Å². The van der Waals surface area contributed by atoms with E-state index in [9.17, 15) is 9.59 Å².